The molecular weight excluding hydrogens is 298 g/mol. The van der Waals surface area contributed by atoms with E-state index in [-0.39, 0.29) is 16.3 Å². The first-order valence-corrected chi connectivity index (χ1v) is 8.75. The fraction of sp³-hybridized carbons (Fsp3) is 0.500. The van der Waals surface area contributed by atoms with Crippen molar-refractivity contribution >= 4 is 25.6 Å². The van der Waals surface area contributed by atoms with E-state index < -0.39 is 9.05 Å². The van der Waals surface area contributed by atoms with Crippen LogP contribution in [0.3, 0.4) is 0 Å². The van der Waals surface area contributed by atoms with Gasteiger partial charge in [0.15, 0.2) is 0 Å². The van der Waals surface area contributed by atoms with Crippen molar-refractivity contribution in [2.45, 2.75) is 51.0 Å². The summed E-state index contributed by atoms with van der Waals surface area (Å²) in [7, 11) is 1.51. The highest BCUT2D eigenvalue weighted by Gasteiger charge is 2.21. The Labute approximate surface area is 124 Å². The molecular formula is C14H20ClNO3S. The number of carbonyl (C=O) groups excluding carboxylic acids is 1. The Morgan fingerprint density at radius 1 is 1.35 bits per heavy atom. The van der Waals surface area contributed by atoms with E-state index in [0.717, 1.165) is 12.8 Å². The Morgan fingerprint density at radius 3 is 2.40 bits per heavy atom. The molecule has 0 heterocycles. The van der Waals surface area contributed by atoms with E-state index in [2.05, 4.69) is 12.2 Å². The van der Waals surface area contributed by atoms with E-state index in [1.54, 1.807) is 6.92 Å². The molecule has 0 aliphatic rings. The molecule has 20 heavy (non-hydrogen) atoms. The fourth-order valence-electron chi connectivity index (χ4n) is 2.10. The average Bonchev–Trinajstić information content (AvgIpc) is 2.26. The minimum Gasteiger partial charge on any atom is -0.347 e. The molecule has 0 radical (unpaired) electrons. The summed E-state index contributed by atoms with van der Waals surface area (Å²) in [6, 6.07) is 4.24. The molecule has 1 aromatic rings. The minimum atomic E-state index is -3.77. The highest BCUT2D eigenvalue weighted by Crippen LogP contribution is 2.20. The van der Waals surface area contributed by atoms with Gasteiger partial charge in [-0.3, -0.25) is 4.79 Å². The zero-order chi connectivity index (χ0) is 15.6. The highest BCUT2D eigenvalue weighted by atomic mass is 35.7. The maximum Gasteiger partial charge on any atom is 0.261 e. The summed E-state index contributed by atoms with van der Waals surface area (Å²) in [5, 5.41) is 2.95. The van der Waals surface area contributed by atoms with Gasteiger partial charge in [-0.25, -0.2) is 8.42 Å². The number of halogens is 1. The predicted octanol–water partition coefficient (Wildman–Crippen LogP) is 3.23. The van der Waals surface area contributed by atoms with Crippen LogP contribution in [0.25, 0.3) is 0 Å². The van der Waals surface area contributed by atoms with Gasteiger partial charge >= 0.3 is 0 Å². The average molecular weight is 318 g/mol. The quantitative estimate of drug-likeness (QED) is 0.848. The second-order valence-corrected chi connectivity index (χ2v) is 8.07. The normalized spacial score (nSPS) is 12.2. The molecule has 0 unspecified atom stereocenters. The second kappa shape index (κ2) is 6.14. The van der Waals surface area contributed by atoms with Crippen molar-refractivity contribution in [2.24, 2.45) is 0 Å². The lowest BCUT2D eigenvalue weighted by atomic mass is 9.97. The van der Waals surface area contributed by atoms with Gasteiger partial charge in [-0.15, -0.1) is 0 Å². The van der Waals surface area contributed by atoms with Gasteiger partial charge in [0.05, 0.1) is 4.90 Å². The van der Waals surface area contributed by atoms with Gasteiger partial charge < -0.3 is 5.32 Å². The van der Waals surface area contributed by atoms with Crippen LogP contribution in [0.1, 0.15) is 49.5 Å². The van der Waals surface area contributed by atoms with Crippen molar-refractivity contribution in [3.05, 3.63) is 29.3 Å². The van der Waals surface area contributed by atoms with Crippen LogP contribution in [0, 0.1) is 6.92 Å². The second-order valence-electron chi connectivity index (χ2n) is 5.50. The standard InChI is InChI=1S/C14H20ClNO3S/c1-5-8-14(3,4)16-13(17)12-7-6-11(9-10(12)2)20(15,18)19/h6-7,9H,5,8H2,1-4H3,(H,16,17). The molecule has 0 saturated heterocycles. The van der Waals surface area contributed by atoms with Gasteiger partial charge in [0.25, 0.3) is 15.0 Å². The van der Waals surface area contributed by atoms with Crippen LogP contribution in [0.4, 0.5) is 0 Å². The number of hydrogen-bond acceptors (Lipinski definition) is 3. The molecule has 4 nitrogen and oxygen atoms in total. The minimum absolute atomic E-state index is 0.000958. The van der Waals surface area contributed by atoms with Gasteiger partial charge in [-0.1, -0.05) is 13.3 Å². The van der Waals surface area contributed by atoms with E-state index in [9.17, 15) is 13.2 Å². The number of hydrogen-bond donors (Lipinski definition) is 1. The third-order valence-corrected chi connectivity index (χ3v) is 4.40. The molecule has 6 heteroatoms. The number of amides is 1. The van der Waals surface area contributed by atoms with Crippen molar-refractivity contribution in [3.8, 4) is 0 Å². The number of carbonyl (C=O) groups is 1. The van der Waals surface area contributed by atoms with Crippen LogP contribution in [0.2, 0.25) is 0 Å². The van der Waals surface area contributed by atoms with Crippen LogP contribution < -0.4 is 5.32 Å². The Kier molecular flexibility index (Phi) is 5.21. The molecule has 112 valence electrons. The SMILES string of the molecule is CCCC(C)(C)NC(=O)c1ccc(S(=O)(=O)Cl)cc1C. The van der Waals surface area contributed by atoms with Crippen LogP contribution in [0.15, 0.2) is 23.1 Å². The first-order chi connectivity index (χ1) is 9.07. The van der Waals surface area contributed by atoms with E-state index >= 15 is 0 Å². The summed E-state index contributed by atoms with van der Waals surface area (Å²) in [6.07, 6.45) is 1.83. The first kappa shape index (κ1) is 17.0. The number of rotatable bonds is 5. The van der Waals surface area contributed by atoms with Crippen molar-refractivity contribution in [1.82, 2.24) is 5.32 Å². The zero-order valence-corrected chi connectivity index (χ0v) is 13.7. The molecule has 0 fully saturated rings. The fourth-order valence-corrected chi connectivity index (χ4v) is 2.94. The van der Waals surface area contributed by atoms with Crippen molar-refractivity contribution in [1.29, 1.82) is 0 Å². The highest BCUT2D eigenvalue weighted by molar-refractivity contribution is 8.13. The topological polar surface area (TPSA) is 63.2 Å². The van der Waals surface area contributed by atoms with Crippen molar-refractivity contribution in [3.63, 3.8) is 0 Å². The predicted molar refractivity (Wildman–Crippen MR) is 80.7 cm³/mol. The Morgan fingerprint density at radius 2 is 1.95 bits per heavy atom. The zero-order valence-electron chi connectivity index (χ0n) is 12.2. The summed E-state index contributed by atoms with van der Waals surface area (Å²) in [4.78, 5) is 12.2. The maximum atomic E-state index is 12.2. The van der Waals surface area contributed by atoms with Crippen LogP contribution in [0.5, 0.6) is 0 Å². The lowest BCUT2D eigenvalue weighted by Crippen LogP contribution is -2.43. The first-order valence-electron chi connectivity index (χ1n) is 6.44. The van der Waals surface area contributed by atoms with Gasteiger partial charge in [-0.2, -0.15) is 0 Å². The molecule has 1 aromatic carbocycles. The van der Waals surface area contributed by atoms with E-state index in [0.29, 0.717) is 11.1 Å². The summed E-state index contributed by atoms with van der Waals surface area (Å²) < 4.78 is 22.5. The Hall–Kier alpha value is -1.07. The lowest BCUT2D eigenvalue weighted by Gasteiger charge is -2.26. The monoisotopic (exact) mass is 317 g/mol. The van der Waals surface area contributed by atoms with Crippen LogP contribution in [-0.4, -0.2) is 19.9 Å². The summed E-state index contributed by atoms with van der Waals surface area (Å²) in [5.74, 6) is -0.209. The largest absolute Gasteiger partial charge is 0.347 e. The molecule has 0 aromatic heterocycles. The van der Waals surface area contributed by atoms with Gasteiger partial charge in [0.2, 0.25) is 0 Å². The van der Waals surface area contributed by atoms with Gasteiger partial charge in [0, 0.05) is 21.8 Å². The lowest BCUT2D eigenvalue weighted by molar-refractivity contribution is 0.0908. The van der Waals surface area contributed by atoms with Crippen LogP contribution in [-0.2, 0) is 9.05 Å². The van der Waals surface area contributed by atoms with E-state index in [1.807, 2.05) is 13.8 Å². The molecule has 1 rings (SSSR count). The molecule has 0 aliphatic heterocycles. The number of aryl methyl sites for hydroxylation is 1. The van der Waals surface area contributed by atoms with Crippen molar-refractivity contribution < 1.29 is 13.2 Å². The number of benzene rings is 1. The molecule has 1 amide bonds. The molecule has 0 aliphatic carbocycles. The molecule has 1 N–H and O–H groups in total. The summed E-state index contributed by atoms with van der Waals surface area (Å²) >= 11 is 0. The Balaban J connectivity index is 3.01. The van der Waals surface area contributed by atoms with Gasteiger partial charge in [0.1, 0.15) is 0 Å². The van der Waals surface area contributed by atoms with Crippen LogP contribution >= 0.6 is 10.7 Å². The molecule has 0 saturated carbocycles. The third-order valence-electron chi connectivity index (χ3n) is 3.05. The van der Waals surface area contributed by atoms with E-state index in [1.165, 1.54) is 18.2 Å². The molecule has 0 spiro atoms. The maximum absolute atomic E-state index is 12.2. The van der Waals surface area contributed by atoms with E-state index in [4.69, 9.17) is 10.7 Å². The smallest absolute Gasteiger partial charge is 0.261 e. The van der Waals surface area contributed by atoms with Crippen molar-refractivity contribution in [2.75, 3.05) is 0 Å². The summed E-state index contributed by atoms with van der Waals surface area (Å²) in [6.45, 7) is 7.66. The molecule has 0 bridgehead atoms. The third kappa shape index (κ3) is 4.49. The Bertz CT molecular complexity index is 609. The number of nitrogens with one attached hydrogen (secondary N) is 1. The summed E-state index contributed by atoms with van der Waals surface area (Å²) in [5.41, 5.74) is 0.741. The van der Waals surface area contributed by atoms with Gasteiger partial charge in [-0.05, 0) is 51.0 Å². The molecule has 0 atom stereocenters.